The summed E-state index contributed by atoms with van der Waals surface area (Å²) in [5, 5.41) is 4.21. The molecule has 0 radical (unpaired) electrons. The maximum Gasteiger partial charge on any atom is 0.138 e. The van der Waals surface area contributed by atoms with Crippen molar-refractivity contribution >= 4 is 27.5 Å². The molecule has 1 aliphatic heterocycles. The Morgan fingerprint density at radius 1 is 1.55 bits per heavy atom. The van der Waals surface area contributed by atoms with E-state index in [0.29, 0.717) is 10.9 Å². The summed E-state index contributed by atoms with van der Waals surface area (Å²) in [6.45, 7) is 6.01. The van der Waals surface area contributed by atoms with Gasteiger partial charge in [-0.25, -0.2) is 0 Å². The van der Waals surface area contributed by atoms with Gasteiger partial charge in [0.15, 0.2) is 0 Å². The lowest BCUT2D eigenvalue weighted by Crippen LogP contribution is -2.35. The molecule has 1 aromatic rings. The fourth-order valence-corrected chi connectivity index (χ4v) is 3.79. The van der Waals surface area contributed by atoms with Crippen LogP contribution in [-0.2, 0) is 4.74 Å². The van der Waals surface area contributed by atoms with E-state index in [9.17, 15) is 0 Å². The Bertz CT molecular complexity index is 469. The number of ether oxygens (including phenoxy) is 2. The second-order valence-electron chi connectivity index (χ2n) is 5.15. The van der Waals surface area contributed by atoms with Crippen molar-refractivity contribution in [3.05, 3.63) is 27.2 Å². The zero-order valence-electron chi connectivity index (χ0n) is 12.1. The van der Waals surface area contributed by atoms with Crippen LogP contribution in [0.15, 0.2) is 16.6 Å². The molecule has 0 saturated carbocycles. The van der Waals surface area contributed by atoms with Crippen LogP contribution in [0.2, 0.25) is 5.02 Å². The number of benzene rings is 1. The van der Waals surface area contributed by atoms with E-state index in [1.165, 1.54) is 0 Å². The van der Waals surface area contributed by atoms with Crippen LogP contribution >= 0.6 is 27.5 Å². The summed E-state index contributed by atoms with van der Waals surface area (Å²) in [4.78, 5) is 0. The lowest BCUT2D eigenvalue weighted by molar-refractivity contribution is 0.0604. The molecule has 1 aromatic carbocycles. The molecule has 1 fully saturated rings. The fraction of sp³-hybridized carbons (Fsp3) is 0.600. The Labute approximate surface area is 134 Å². The molecule has 1 heterocycles. The van der Waals surface area contributed by atoms with E-state index in [-0.39, 0.29) is 12.1 Å². The van der Waals surface area contributed by atoms with Gasteiger partial charge in [-0.2, -0.15) is 0 Å². The highest BCUT2D eigenvalue weighted by atomic mass is 79.9. The largest absolute Gasteiger partial charge is 0.495 e. The molecule has 1 saturated heterocycles. The molecule has 3 unspecified atom stereocenters. The molecule has 0 amide bonds. The molecular formula is C15H21BrClNO2. The summed E-state index contributed by atoms with van der Waals surface area (Å²) in [6, 6.07) is 3.90. The normalized spacial score (nSPS) is 23.9. The van der Waals surface area contributed by atoms with Crippen LogP contribution in [0.1, 0.15) is 31.9 Å². The van der Waals surface area contributed by atoms with Gasteiger partial charge in [-0.05, 0) is 46.9 Å². The van der Waals surface area contributed by atoms with Gasteiger partial charge in [-0.1, -0.05) is 25.4 Å². The van der Waals surface area contributed by atoms with Gasteiger partial charge in [0.1, 0.15) is 5.75 Å². The first-order valence-electron chi connectivity index (χ1n) is 6.96. The highest BCUT2D eigenvalue weighted by Gasteiger charge is 2.34. The number of nitrogens with one attached hydrogen (secondary N) is 1. The minimum absolute atomic E-state index is 0.0856. The van der Waals surface area contributed by atoms with Gasteiger partial charge in [0.25, 0.3) is 0 Å². The summed E-state index contributed by atoms with van der Waals surface area (Å²) in [5.41, 5.74) is 1.05. The third-order valence-electron chi connectivity index (χ3n) is 3.77. The Hall–Kier alpha value is -0.290. The molecule has 0 bridgehead atoms. The minimum Gasteiger partial charge on any atom is -0.495 e. The van der Waals surface area contributed by atoms with Crippen molar-refractivity contribution in [1.82, 2.24) is 5.32 Å². The number of hydrogen-bond acceptors (Lipinski definition) is 3. The highest BCUT2D eigenvalue weighted by molar-refractivity contribution is 9.10. The highest BCUT2D eigenvalue weighted by Crippen LogP contribution is 2.40. The predicted octanol–water partition coefficient (Wildman–Crippen LogP) is 4.19. The van der Waals surface area contributed by atoms with Gasteiger partial charge >= 0.3 is 0 Å². The molecule has 5 heteroatoms. The van der Waals surface area contributed by atoms with E-state index in [1.54, 1.807) is 7.11 Å². The van der Waals surface area contributed by atoms with Gasteiger partial charge in [0.05, 0.1) is 23.7 Å². The third-order valence-corrected chi connectivity index (χ3v) is 4.58. The number of halogens is 2. The van der Waals surface area contributed by atoms with Crippen LogP contribution in [0, 0.1) is 5.92 Å². The summed E-state index contributed by atoms with van der Waals surface area (Å²) in [6.07, 6.45) is 1.24. The van der Waals surface area contributed by atoms with Crippen LogP contribution in [0.25, 0.3) is 0 Å². The zero-order valence-corrected chi connectivity index (χ0v) is 14.4. The van der Waals surface area contributed by atoms with Crippen molar-refractivity contribution < 1.29 is 9.47 Å². The van der Waals surface area contributed by atoms with E-state index in [4.69, 9.17) is 21.1 Å². The van der Waals surface area contributed by atoms with E-state index in [2.05, 4.69) is 35.1 Å². The first-order chi connectivity index (χ1) is 9.58. The van der Waals surface area contributed by atoms with Crippen LogP contribution in [0.5, 0.6) is 5.75 Å². The molecule has 2 rings (SSSR count). The van der Waals surface area contributed by atoms with Crippen molar-refractivity contribution in [1.29, 1.82) is 0 Å². The van der Waals surface area contributed by atoms with Crippen LogP contribution in [0.3, 0.4) is 0 Å². The number of rotatable bonds is 5. The van der Waals surface area contributed by atoms with Crippen molar-refractivity contribution in [2.24, 2.45) is 5.92 Å². The fourth-order valence-electron chi connectivity index (χ4n) is 2.79. The summed E-state index contributed by atoms with van der Waals surface area (Å²) < 4.78 is 12.4. The molecule has 3 nitrogen and oxygen atoms in total. The number of hydrogen-bond donors (Lipinski definition) is 1. The molecule has 20 heavy (non-hydrogen) atoms. The second kappa shape index (κ2) is 7.12. The lowest BCUT2D eigenvalue weighted by atomic mass is 9.92. The smallest absolute Gasteiger partial charge is 0.138 e. The quantitative estimate of drug-likeness (QED) is 0.852. The molecule has 1 aliphatic rings. The maximum atomic E-state index is 6.21. The van der Waals surface area contributed by atoms with Crippen molar-refractivity contribution in [2.45, 2.75) is 32.4 Å². The average molecular weight is 363 g/mol. The third kappa shape index (κ3) is 3.30. The Balaban J connectivity index is 2.43. The summed E-state index contributed by atoms with van der Waals surface area (Å²) >= 11 is 9.74. The first kappa shape index (κ1) is 16.1. The molecule has 3 atom stereocenters. The molecule has 112 valence electrons. The van der Waals surface area contributed by atoms with E-state index >= 15 is 0 Å². The molecule has 1 N–H and O–H groups in total. The monoisotopic (exact) mass is 361 g/mol. The molecule has 0 aromatic heterocycles. The standard InChI is InChI=1S/C15H21BrClNO2/c1-4-18-13(14-9(2)5-6-20-14)11-7-10(17)8-12(16)15(11)19-3/h7-9,13-14,18H,4-6H2,1-3H3. The van der Waals surface area contributed by atoms with E-state index in [1.807, 2.05) is 12.1 Å². The zero-order chi connectivity index (χ0) is 14.7. The first-order valence-corrected chi connectivity index (χ1v) is 8.13. The lowest BCUT2D eigenvalue weighted by Gasteiger charge is -2.29. The van der Waals surface area contributed by atoms with Crippen molar-refractivity contribution in [3.63, 3.8) is 0 Å². The van der Waals surface area contributed by atoms with Gasteiger partial charge < -0.3 is 14.8 Å². The topological polar surface area (TPSA) is 30.5 Å². The molecule has 0 aliphatic carbocycles. The van der Waals surface area contributed by atoms with Crippen LogP contribution in [-0.4, -0.2) is 26.4 Å². The van der Waals surface area contributed by atoms with E-state index < -0.39 is 0 Å². The Morgan fingerprint density at radius 3 is 2.85 bits per heavy atom. The summed E-state index contributed by atoms with van der Waals surface area (Å²) in [7, 11) is 1.68. The van der Waals surface area contributed by atoms with Crippen molar-refractivity contribution in [3.8, 4) is 5.75 Å². The Kier molecular flexibility index (Phi) is 5.73. The maximum absolute atomic E-state index is 6.21. The van der Waals surface area contributed by atoms with Gasteiger partial charge in [-0.15, -0.1) is 0 Å². The van der Waals surface area contributed by atoms with Gasteiger partial charge in [-0.3, -0.25) is 0 Å². The van der Waals surface area contributed by atoms with E-state index in [0.717, 1.165) is 35.4 Å². The summed E-state index contributed by atoms with van der Waals surface area (Å²) in [5.74, 6) is 1.34. The van der Waals surface area contributed by atoms with Gasteiger partial charge in [0, 0.05) is 17.2 Å². The number of methoxy groups -OCH3 is 1. The van der Waals surface area contributed by atoms with Crippen LogP contribution in [0.4, 0.5) is 0 Å². The second-order valence-corrected chi connectivity index (χ2v) is 6.44. The predicted molar refractivity (Wildman–Crippen MR) is 85.6 cm³/mol. The molecular weight excluding hydrogens is 342 g/mol. The van der Waals surface area contributed by atoms with Crippen molar-refractivity contribution in [2.75, 3.05) is 20.3 Å². The average Bonchev–Trinajstić information content (AvgIpc) is 2.81. The van der Waals surface area contributed by atoms with Gasteiger partial charge in [0.2, 0.25) is 0 Å². The van der Waals surface area contributed by atoms with Crippen LogP contribution < -0.4 is 10.1 Å². The Morgan fingerprint density at radius 2 is 2.30 bits per heavy atom. The SMILES string of the molecule is CCNC(c1cc(Cl)cc(Br)c1OC)C1OCCC1C. The number of likely N-dealkylation sites (N-methyl/N-ethyl adjacent to an activating group) is 1. The minimum atomic E-state index is 0.0856. The molecule has 0 spiro atoms.